The summed E-state index contributed by atoms with van der Waals surface area (Å²) in [7, 11) is 0. The van der Waals surface area contributed by atoms with Crippen LogP contribution in [0.1, 0.15) is 23.0 Å². The van der Waals surface area contributed by atoms with Gasteiger partial charge in [0.05, 0.1) is 11.9 Å². The Morgan fingerprint density at radius 1 is 1.13 bits per heavy atom. The molecule has 0 aliphatic carbocycles. The van der Waals surface area contributed by atoms with Gasteiger partial charge in [-0.1, -0.05) is 60.2 Å². The summed E-state index contributed by atoms with van der Waals surface area (Å²) in [6.45, 7) is 3.76. The van der Waals surface area contributed by atoms with Gasteiger partial charge in [0.25, 0.3) is 5.56 Å². The Balaban J connectivity index is 1.45. The number of thiophene rings is 1. The molecule has 1 unspecified atom stereocenters. The zero-order valence-electron chi connectivity index (χ0n) is 16.8. The molecule has 3 heterocycles. The Labute approximate surface area is 184 Å². The fourth-order valence-corrected chi connectivity index (χ4v) is 6.12. The van der Waals surface area contributed by atoms with Gasteiger partial charge in [0.1, 0.15) is 10.7 Å². The minimum atomic E-state index is -0.0494. The molecular formula is C24H23N3OS2. The normalized spacial score (nSPS) is 17.4. The first-order chi connectivity index (χ1) is 14.7. The number of aryl methyl sites for hydroxylation is 1. The topological polar surface area (TPSA) is 49.0 Å². The quantitative estimate of drug-likeness (QED) is 0.478. The minimum Gasteiger partial charge on any atom is -0.309 e. The van der Waals surface area contributed by atoms with Gasteiger partial charge in [-0.25, -0.2) is 4.98 Å². The van der Waals surface area contributed by atoms with Gasteiger partial charge in [-0.3, -0.25) is 9.69 Å². The summed E-state index contributed by atoms with van der Waals surface area (Å²) >= 11 is 3.58. The lowest BCUT2D eigenvalue weighted by atomic mass is 10.0. The molecule has 0 amide bonds. The lowest BCUT2D eigenvalue weighted by Gasteiger charge is -2.35. The lowest BCUT2D eigenvalue weighted by molar-refractivity contribution is 0.207. The van der Waals surface area contributed by atoms with Crippen LogP contribution in [0.3, 0.4) is 0 Å². The van der Waals surface area contributed by atoms with E-state index in [-0.39, 0.29) is 5.56 Å². The minimum absolute atomic E-state index is 0.0494. The van der Waals surface area contributed by atoms with Gasteiger partial charge in [0, 0.05) is 29.0 Å². The van der Waals surface area contributed by atoms with Crippen molar-refractivity contribution < 1.29 is 0 Å². The van der Waals surface area contributed by atoms with Crippen molar-refractivity contribution in [3.63, 3.8) is 0 Å². The van der Waals surface area contributed by atoms with Gasteiger partial charge in [-0.2, -0.15) is 11.8 Å². The highest BCUT2D eigenvalue weighted by atomic mass is 32.2. The Morgan fingerprint density at radius 3 is 2.73 bits per heavy atom. The SMILES string of the molecule is Cc1ccc(C2CSCCN2Cc2nc3sc(-c4ccccc4)cc3c(=O)[nH]2)cc1. The van der Waals surface area contributed by atoms with Crippen LogP contribution in [0, 0.1) is 6.92 Å². The summed E-state index contributed by atoms with van der Waals surface area (Å²) in [5.74, 6) is 2.91. The van der Waals surface area contributed by atoms with Gasteiger partial charge in [-0.15, -0.1) is 11.3 Å². The number of nitrogens with one attached hydrogen (secondary N) is 1. The smallest absolute Gasteiger partial charge is 0.259 e. The molecule has 0 saturated carbocycles. The molecule has 6 heteroatoms. The van der Waals surface area contributed by atoms with Gasteiger partial charge >= 0.3 is 0 Å². The maximum atomic E-state index is 12.8. The summed E-state index contributed by atoms with van der Waals surface area (Å²) in [6.07, 6.45) is 0. The fourth-order valence-electron chi connectivity index (χ4n) is 3.91. The Hall–Kier alpha value is -2.41. The maximum Gasteiger partial charge on any atom is 0.259 e. The molecule has 1 saturated heterocycles. The number of thioether (sulfide) groups is 1. The van der Waals surface area contributed by atoms with E-state index in [0.717, 1.165) is 39.1 Å². The highest BCUT2D eigenvalue weighted by Crippen LogP contribution is 2.32. The first-order valence-electron chi connectivity index (χ1n) is 10.1. The van der Waals surface area contributed by atoms with E-state index in [1.807, 2.05) is 36.0 Å². The molecule has 1 aliphatic heterocycles. The molecule has 30 heavy (non-hydrogen) atoms. The van der Waals surface area contributed by atoms with Crippen LogP contribution in [0.2, 0.25) is 0 Å². The predicted molar refractivity (Wildman–Crippen MR) is 127 cm³/mol. The Kier molecular flexibility index (Phi) is 5.46. The Morgan fingerprint density at radius 2 is 1.93 bits per heavy atom. The first-order valence-corrected chi connectivity index (χ1v) is 12.1. The summed E-state index contributed by atoms with van der Waals surface area (Å²) in [6, 6.07) is 21.3. The van der Waals surface area contributed by atoms with Gasteiger partial charge in [0.15, 0.2) is 0 Å². The van der Waals surface area contributed by atoms with Crippen LogP contribution in [0.15, 0.2) is 65.5 Å². The van der Waals surface area contributed by atoms with E-state index in [1.165, 1.54) is 11.1 Å². The van der Waals surface area contributed by atoms with E-state index in [4.69, 9.17) is 4.98 Å². The van der Waals surface area contributed by atoms with E-state index in [9.17, 15) is 4.79 Å². The number of aromatic amines is 1. The second-order valence-corrected chi connectivity index (χ2v) is 9.86. The molecule has 2 aromatic carbocycles. The van der Waals surface area contributed by atoms with E-state index < -0.39 is 0 Å². The highest BCUT2D eigenvalue weighted by molar-refractivity contribution is 7.99. The Bertz CT molecular complexity index is 1210. The van der Waals surface area contributed by atoms with E-state index in [0.29, 0.717) is 18.0 Å². The van der Waals surface area contributed by atoms with Crippen LogP contribution in [0.4, 0.5) is 0 Å². The second kappa shape index (κ2) is 8.38. The zero-order valence-corrected chi connectivity index (χ0v) is 18.4. The van der Waals surface area contributed by atoms with Crippen molar-refractivity contribution in [3.05, 3.63) is 88.0 Å². The summed E-state index contributed by atoms with van der Waals surface area (Å²) in [5, 5.41) is 0.673. The third-order valence-electron chi connectivity index (χ3n) is 5.56. The number of hydrogen-bond donors (Lipinski definition) is 1. The fraction of sp³-hybridized carbons (Fsp3) is 0.250. The number of aromatic nitrogens is 2. The summed E-state index contributed by atoms with van der Waals surface area (Å²) in [4.78, 5) is 25.0. The molecule has 4 aromatic rings. The van der Waals surface area contributed by atoms with Crippen LogP contribution in [0.5, 0.6) is 0 Å². The molecule has 1 fully saturated rings. The number of hydrogen-bond acceptors (Lipinski definition) is 5. The number of fused-ring (bicyclic) bond motifs is 1. The third kappa shape index (κ3) is 3.95. The van der Waals surface area contributed by atoms with Crippen molar-refractivity contribution in [2.45, 2.75) is 19.5 Å². The van der Waals surface area contributed by atoms with Crippen molar-refractivity contribution in [1.29, 1.82) is 0 Å². The number of rotatable bonds is 4. The maximum absolute atomic E-state index is 12.8. The van der Waals surface area contributed by atoms with Gasteiger partial charge in [0.2, 0.25) is 0 Å². The third-order valence-corrected chi connectivity index (χ3v) is 7.66. The van der Waals surface area contributed by atoms with Crippen LogP contribution in [-0.2, 0) is 6.54 Å². The molecule has 1 aliphatic rings. The van der Waals surface area contributed by atoms with Crippen LogP contribution in [-0.4, -0.2) is 32.9 Å². The molecule has 1 N–H and O–H groups in total. The van der Waals surface area contributed by atoms with Gasteiger partial charge < -0.3 is 4.98 Å². The summed E-state index contributed by atoms with van der Waals surface area (Å²) in [5.41, 5.74) is 3.68. The molecule has 0 radical (unpaired) electrons. The van der Waals surface area contributed by atoms with Crippen molar-refractivity contribution >= 4 is 33.3 Å². The molecule has 152 valence electrons. The molecule has 0 bridgehead atoms. The van der Waals surface area contributed by atoms with Gasteiger partial charge in [-0.05, 0) is 24.1 Å². The van der Waals surface area contributed by atoms with Crippen molar-refractivity contribution in [2.24, 2.45) is 0 Å². The number of benzene rings is 2. The number of H-pyrrole nitrogens is 1. The highest BCUT2D eigenvalue weighted by Gasteiger charge is 2.25. The van der Waals surface area contributed by atoms with Crippen molar-refractivity contribution in [2.75, 3.05) is 18.1 Å². The van der Waals surface area contributed by atoms with E-state index >= 15 is 0 Å². The van der Waals surface area contributed by atoms with Crippen LogP contribution < -0.4 is 5.56 Å². The lowest BCUT2D eigenvalue weighted by Crippen LogP contribution is -2.36. The zero-order chi connectivity index (χ0) is 20.5. The standard InChI is InChI=1S/C24H23N3OS2/c1-16-7-9-17(10-8-16)20-15-29-12-11-27(20)14-22-25-23(28)19-13-21(30-24(19)26-22)18-5-3-2-4-6-18/h2-10,13,20H,11-12,14-15H2,1H3,(H,25,26,28). The monoisotopic (exact) mass is 433 g/mol. The van der Waals surface area contributed by atoms with Crippen LogP contribution in [0.25, 0.3) is 20.7 Å². The van der Waals surface area contributed by atoms with E-state index in [2.05, 4.69) is 53.2 Å². The molecule has 0 spiro atoms. The first kappa shape index (κ1) is 19.5. The molecular weight excluding hydrogens is 410 g/mol. The molecule has 2 aromatic heterocycles. The molecule has 4 nitrogen and oxygen atoms in total. The van der Waals surface area contributed by atoms with Crippen LogP contribution >= 0.6 is 23.1 Å². The van der Waals surface area contributed by atoms with Crippen molar-refractivity contribution in [1.82, 2.24) is 14.9 Å². The molecule has 1 atom stereocenters. The summed E-state index contributed by atoms with van der Waals surface area (Å²) < 4.78 is 0. The number of nitrogens with zero attached hydrogens (tertiary/aromatic N) is 2. The van der Waals surface area contributed by atoms with E-state index in [1.54, 1.807) is 11.3 Å². The second-order valence-electron chi connectivity index (χ2n) is 7.68. The average molecular weight is 434 g/mol. The predicted octanol–water partition coefficient (Wildman–Crippen LogP) is 5.25. The van der Waals surface area contributed by atoms with Crippen molar-refractivity contribution in [3.8, 4) is 10.4 Å². The largest absolute Gasteiger partial charge is 0.309 e. The average Bonchev–Trinajstić information content (AvgIpc) is 3.20. The molecule has 5 rings (SSSR count).